The summed E-state index contributed by atoms with van der Waals surface area (Å²) in [7, 11) is 0. The smallest absolute Gasteiger partial charge is 0.335 e. The fourth-order valence-electron chi connectivity index (χ4n) is 1.72. The molecule has 3 heteroatoms. The highest BCUT2D eigenvalue weighted by molar-refractivity contribution is 5.88. The van der Waals surface area contributed by atoms with Gasteiger partial charge in [-0.15, -0.1) is 0 Å². The minimum absolute atomic E-state index is 0.293. The van der Waals surface area contributed by atoms with Crippen LogP contribution in [-0.4, -0.2) is 11.1 Å². The molecule has 2 aromatic rings. The molecule has 0 spiro atoms. The number of hydrogen-bond acceptors (Lipinski definition) is 2. The van der Waals surface area contributed by atoms with Crippen molar-refractivity contribution in [3.8, 4) is 0 Å². The van der Waals surface area contributed by atoms with E-state index in [9.17, 15) is 4.79 Å². The van der Waals surface area contributed by atoms with Crippen LogP contribution in [0.1, 0.15) is 21.5 Å². The van der Waals surface area contributed by atoms with Crippen molar-refractivity contribution in [2.75, 3.05) is 5.32 Å². The molecule has 0 saturated heterocycles. The van der Waals surface area contributed by atoms with Gasteiger partial charge in [0.05, 0.1) is 5.56 Å². The van der Waals surface area contributed by atoms with Crippen LogP contribution in [0.2, 0.25) is 0 Å². The van der Waals surface area contributed by atoms with Crippen LogP contribution in [0, 0.1) is 13.8 Å². The molecule has 18 heavy (non-hydrogen) atoms. The molecule has 3 nitrogen and oxygen atoms in total. The molecule has 0 amide bonds. The number of carboxylic acid groups (broad SMARTS) is 1. The topological polar surface area (TPSA) is 49.3 Å². The van der Waals surface area contributed by atoms with E-state index in [1.165, 1.54) is 5.56 Å². The number of nitrogens with one attached hydrogen (secondary N) is 1. The summed E-state index contributed by atoms with van der Waals surface area (Å²) in [4.78, 5) is 10.7. The first-order valence-electron chi connectivity index (χ1n) is 5.74. The lowest BCUT2D eigenvalue weighted by Gasteiger charge is -2.10. The molecule has 2 rings (SSSR count). The van der Waals surface area contributed by atoms with Gasteiger partial charge in [-0.2, -0.15) is 0 Å². The SMILES string of the molecule is Cc1ccc(C)c(Nc2ccc(C(=O)O)cc2)c1. The Bertz CT molecular complexity index is 574. The molecule has 0 bridgehead atoms. The van der Waals surface area contributed by atoms with E-state index >= 15 is 0 Å². The number of aryl methyl sites for hydroxylation is 2. The number of carboxylic acids is 1. The quantitative estimate of drug-likeness (QED) is 0.860. The van der Waals surface area contributed by atoms with Crippen molar-refractivity contribution >= 4 is 17.3 Å². The summed E-state index contributed by atoms with van der Waals surface area (Å²) in [5, 5.41) is 12.1. The van der Waals surface area contributed by atoms with Crippen molar-refractivity contribution in [1.29, 1.82) is 0 Å². The highest BCUT2D eigenvalue weighted by Gasteiger charge is 2.03. The van der Waals surface area contributed by atoms with E-state index in [4.69, 9.17) is 5.11 Å². The van der Waals surface area contributed by atoms with Gasteiger partial charge in [-0.1, -0.05) is 12.1 Å². The Morgan fingerprint density at radius 3 is 2.33 bits per heavy atom. The van der Waals surface area contributed by atoms with Crippen molar-refractivity contribution < 1.29 is 9.90 Å². The van der Waals surface area contributed by atoms with Gasteiger partial charge in [-0.05, 0) is 55.3 Å². The van der Waals surface area contributed by atoms with Gasteiger partial charge in [-0.3, -0.25) is 0 Å². The lowest BCUT2D eigenvalue weighted by atomic mass is 10.1. The van der Waals surface area contributed by atoms with E-state index in [1.54, 1.807) is 24.3 Å². The van der Waals surface area contributed by atoms with Crippen LogP contribution in [0.15, 0.2) is 42.5 Å². The third kappa shape index (κ3) is 2.69. The summed E-state index contributed by atoms with van der Waals surface area (Å²) in [5.74, 6) is -0.909. The zero-order valence-corrected chi connectivity index (χ0v) is 10.4. The second kappa shape index (κ2) is 4.92. The van der Waals surface area contributed by atoms with Crippen molar-refractivity contribution in [2.45, 2.75) is 13.8 Å². The number of hydrogen-bond donors (Lipinski definition) is 2. The molecular weight excluding hydrogens is 226 g/mol. The Kier molecular flexibility index (Phi) is 3.33. The molecular formula is C15H15NO2. The van der Waals surface area contributed by atoms with Gasteiger partial charge in [0, 0.05) is 11.4 Å². The largest absolute Gasteiger partial charge is 0.478 e. The average Bonchev–Trinajstić information content (AvgIpc) is 2.34. The van der Waals surface area contributed by atoms with E-state index in [-0.39, 0.29) is 0 Å². The third-order valence-corrected chi connectivity index (χ3v) is 2.80. The molecule has 0 aliphatic rings. The van der Waals surface area contributed by atoms with Crippen molar-refractivity contribution in [1.82, 2.24) is 0 Å². The first-order valence-corrected chi connectivity index (χ1v) is 5.74. The van der Waals surface area contributed by atoms with Gasteiger partial charge in [0.15, 0.2) is 0 Å². The van der Waals surface area contributed by atoms with Crippen LogP contribution in [0.3, 0.4) is 0 Å². The number of aromatic carboxylic acids is 1. The van der Waals surface area contributed by atoms with Crippen molar-refractivity contribution in [3.05, 3.63) is 59.2 Å². The molecule has 2 aromatic carbocycles. The van der Waals surface area contributed by atoms with E-state index < -0.39 is 5.97 Å². The summed E-state index contributed by atoms with van der Waals surface area (Å²) in [5.41, 5.74) is 4.56. The van der Waals surface area contributed by atoms with Gasteiger partial charge in [0.2, 0.25) is 0 Å². The molecule has 0 unspecified atom stereocenters. The lowest BCUT2D eigenvalue weighted by Crippen LogP contribution is -1.97. The first-order chi connectivity index (χ1) is 8.56. The summed E-state index contributed by atoms with van der Waals surface area (Å²) < 4.78 is 0. The Labute approximate surface area is 106 Å². The van der Waals surface area contributed by atoms with Crippen molar-refractivity contribution in [3.63, 3.8) is 0 Å². The summed E-state index contributed by atoms with van der Waals surface area (Å²) in [6.45, 7) is 4.07. The molecule has 92 valence electrons. The maximum Gasteiger partial charge on any atom is 0.335 e. The number of rotatable bonds is 3. The second-order valence-corrected chi connectivity index (χ2v) is 4.33. The Balaban J connectivity index is 2.23. The van der Waals surface area contributed by atoms with Crippen LogP contribution in [0.5, 0.6) is 0 Å². The van der Waals surface area contributed by atoms with E-state index in [1.807, 2.05) is 13.8 Å². The van der Waals surface area contributed by atoms with Gasteiger partial charge in [0.1, 0.15) is 0 Å². The maximum absolute atomic E-state index is 10.7. The molecule has 2 N–H and O–H groups in total. The molecule has 0 saturated carbocycles. The normalized spacial score (nSPS) is 10.1. The van der Waals surface area contributed by atoms with E-state index in [0.717, 1.165) is 16.9 Å². The molecule has 0 heterocycles. The minimum Gasteiger partial charge on any atom is -0.478 e. The van der Waals surface area contributed by atoms with Crippen LogP contribution in [0.25, 0.3) is 0 Å². The van der Waals surface area contributed by atoms with Crippen LogP contribution < -0.4 is 5.32 Å². The highest BCUT2D eigenvalue weighted by atomic mass is 16.4. The molecule has 0 fully saturated rings. The van der Waals surface area contributed by atoms with Crippen LogP contribution >= 0.6 is 0 Å². The summed E-state index contributed by atoms with van der Waals surface area (Å²) >= 11 is 0. The molecule has 0 aromatic heterocycles. The Morgan fingerprint density at radius 1 is 1.06 bits per heavy atom. The standard InChI is InChI=1S/C15H15NO2/c1-10-3-4-11(2)14(9-10)16-13-7-5-12(6-8-13)15(17)18/h3-9,16H,1-2H3,(H,17,18). The van der Waals surface area contributed by atoms with Crippen LogP contribution in [0.4, 0.5) is 11.4 Å². The zero-order chi connectivity index (χ0) is 13.1. The highest BCUT2D eigenvalue weighted by Crippen LogP contribution is 2.22. The van der Waals surface area contributed by atoms with Gasteiger partial charge < -0.3 is 10.4 Å². The summed E-state index contributed by atoms with van der Waals surface area (Å²) in [6, 6.07) is 12.9. The molecule has 0 radical (unpaired) electrons. The Hall–Kier alpha value is -2.29. The predicted octanol–water partition coefficient (Wildman–Crippen LogP) is 3.75. The van der Waals surface area contributed by atoms with E-state index in [2.05, 4.69) is 23.5 Å². The second-order valence-electron chi connectivity index (χ2n) is 4.33. The van der Waals surface area contributed by atoms with Crippen LogP contribution in [-0.2, 0) is 0 Å². The van der Waals surface area contributed by atoms with Gasteiger partial charge in [0.25, 0.3) is 0 Å². The maximum atomic E-state index is 10.7. The first kappa shape index (κ1) is 12.2. The summed E-state index contributed by atoms with van der Waals surface area (Å²) in [6.07, 6.45) is 0. The number of anilines is 2. The zero-order valence-electron chi connectivity index (χ0n) is 10.4. The van der Waals surface area contributed by atoms with Gasteiger partial charge >= 0.3 is 5.97 Å². The number of carbonyl (C=O) groups is 1. The molecule has 0 atom stereocenters. The fourth-order valence-corrected chi connectivity index (χ4v) is 1.72. The fraction of sp³-hybridized carbons (Fsp3) is 0.133. The van der Waals surface area contributed by atoms with Gasteiger partial charge in [-0.25, -0.2) is 4.79 Å². The van der Waals surface area contributed by atoms with E-state index in [0.29, 0.717) is 5.56 Å². The Morgan fingerprint density at radius 2 is 1.72 bits per heavy atom. The lowest BCUT2D eigenvalue weighted by molar-refractivity contribution is 0.0697. The average molecular weight is 241 g/mol. The monoisotopic (exact) mass is 241 g/mol. The predicted molar refractivity (Wildman–Crippen MR) is 72.6 cm³/mol. The molecule has 0 aliphatic heterocycles. The minimum atomic E-state index is -0.909. The third-order valence-electron chi connectivity index (χ3n) is 2.80. The molecule has 0 aliphatic carbocycles. The van der Waals surface area contributed by atoms with Crippen molar-refractivity contribution in [2.24, 2.45) is 0 Å². The number of benzene rings is 2.